The third-order valence-electron chi connectivity index (χ3n) is 3.35. The summed E-state index contributed by atoms with van der Waals surface area (Å²) in [6, 6.07) is 5.07. The lowest BCUT2D eigenvalue weighted by Gasteiger charge is -2.28. The summed E-state index contributed by atoms with van der Waals surface area (Å²) in [6.45, 7) is 1.41. The lowest BCUT2D eigenvalue weighted by atomic mass is 9.87. The predicted molar refractivity (Wildman–Crippen MR) is 71.0 cm³/mol. The number of hydrogen-bond acceptors (Lipinski definition) is 4. The van der Waals surface area contributed by atoms with Gasteiger partial charge in [0.25, 0.3) is 0 Å². The zero-order valence-corrected chi connectivity index (χ0v) is 11.5. The number of benzene rings is 1. The fourth-order valence-electron chi connectivity index (χ4n) is 2.27. The number of halogens is 1. The Labute approximate surface area is 114 Å². The van der Waals surface area contributed by atoms with Gasteiger partial charge in [-0.3, -0.25) is 0 Å². The molecule has 1 heterocycles. The second kappa shape index (κ2) is 5.70. The van der Waals surface area contributed by atoms with Crippen molar-refractivity contribution in [3.63, 3.8) is 0 Å². The van der Waals surface area contributed by atoms with E-state index in [0.29, 0.717) is 28.8 Å². The van der Waals surface area contributed by atoms with E-state index in [0.717, 1.165) is 12.8 Å². The van der Waals surface area contributed by atoms with Gasteiger partial charge >= 0.3 is 0 Å². The molecule has 1 aliphatic rings. The topological polar surface area (TPSA) is 79.3 Å². The van der Waals surface area contributed by atoms with Crippen LogP contribution in [-0.4, -0.2) is 18.3 Å². The smallest absolute Gasteiger partial charge is 0.134 e. The van der Waals surface area contributed by atoms with Crippen molar-refractivity contribution in [3.05, 3.63) is 27.7 Å². The van der Waals surface area contributed by atoms with Gasteiger partial charge in [-0.05, 0) is 46.8 Å². The lowest BCUT2D eigenvalue weighted by molar-refractivity contribution is 0.0581. The highest BCUT2D eigenvalue weighted by molar-refractivity contribution is 9.10. The molecule has 3 N–H and O–H groups in total. The highest BCUT2D eigenvalue weighted by Gasteiger charge is 2.25. The molecule has 1 aromatic carbocycles. The number of nitrogens with zero attached hydrogens (tertiary/aromatic N) is 1. The molecule has 1 fully saturated rings. The van der Waals surface area contributed by atoms with E-state index in [4.69, 9.17) is 15.7 Å². The number of phenols is 1. The Morgan fingerprint density at radius 2 is 2.11 bits per heavy atom. The van der Waals surface area contributed by atoms with Gasteiger partial charge in [0.05, 0.1) is 16.1 Å². The van der Waals surface area contributed by atoms with Gasteiger partial charge < -0.3 is 15.6 Å². The molecule has 0 amide bonds. The van der Waals surface area contributed by atoms with E-state index < -0.39 is 0 Å². The summed E-state index contributed by atoms with van der Waals surface area (Å²) in [5, 5.41) is 19.0. The molecule has 0 unspecified atom stereocenters. The predicted octanol–water partition coefficient (Wildman–Crippen LogP) is 2.45. The van der Waals surface area contributed by atoms with Crippen LogP contribution in [0.25, 0.3) is 0 Å². The summed E-state index contributed by atoms with van der Waals surface area (Å²) in [7, 11) is 0. The van der Waals surface area contributed by atoms with Gasteiger partial charge in [-0.1, -0.05) is 0 Å². The van der Waals surface area contributed by atoms with E-state index in [-0.39, 0.29) is 17.7 Å². The average molecular weight is 311 g/mol. The third-order valence-corrected chi connectivity index (χ3v) is 3.96. The molecule has 0 radical (unpaired) electrons. The van der Waals surface area contributed by atoms with Gasteiger partial charge in [0, 0.05) is 24.8 Å². The Morgan fingerprint density at radius 1 is 1.44 bits per heavy atom. The zero-order valence-electron chi connectivity index (χ0n) is 9.90. The van der Waals surface area contributed by atoms with Gasteiger partial charge in [-0.15, -0.1) is 0 Å². The maximum Gasteiger partial charge on any atom is 0.134 e. The average Bonchev–Trinajstić information content (AvgIpc) is 2.42. The molecular formula is C13H15BrN2O2. The summed E-state index contributed by atoms with van der Waals surface area (Å²) in [4.78, 5) is 0. The Bertz CT molecular complexity index is 479. The fourth-order valence-corrected chi connectivity index (χ4v) is 2.74. The highest BCUT2D eigenvalue weighted by Crippen LogP contribution is 2.37. The van der Waals surface area contributed by atoms with E-state index in [1.807, 2.05) is 0 Å². The van der Waals surface area contributed by atoms with E-state index in [1.54, 1.807) is 12.1 Å². The van der Waals surface area contributed by atoms with E-state index in [9.17, 15) is 5.11 Å². The molecule has 0 bridgehead atoms. The molecule has 0 aromatic heterocycles. The first kappa shape index (κ1) is 13.3. The second-order valence-electron chi connectivity index (χ2n) is 4.48. The SMILES string of the molecule is N#Cc1cc(Br)c(O)c([C@@H](N)C2CCOCC2)c1. The van der Waals surface area contributed by atoms with Crippen molar-refractivity contribution >= 4 is 15.9 Å². The first-order chi connectivity index (χ1) is 8.63. The van der Waals surface area contributed by atoms with Crippen molar-refractivity contribution in [1.82, 2.24) is 0 Å². The number of nitriles is 1. The van der Waals surface area contributed by atoms with Crippen LogP contribution in [0.3, 0.4) is 0 Å². The van der Waals surface area contributed by atoms with E-state index >= 15 is 0 Å². The number of aromatic hydroxyl groups is 1. The third kappa shape index (κ3) is 2.66. The standard InChI is InChI=1S/C13H15BrN2O2/c14-11-6-8(7-15)5-10(13(11)17)12(16)9-1-3-18-4-2-9/h5-6,9,12,17H,1-4,16H2/t12-/m0/s1. The maximum atomic E-state index is 10.1. The van der Waals surface area contributed by atoms with Gasteiger partial charge in [-0.25, -0.2) is 0 Å². The summed E-state index contributed by atoms with van der Waals surface area (Å²) < 4.78 is 5.82. The molecule has 0 spiro atoms. The molecule has 4 nitrogen and oxygen atoms in total. The monoisotopic (exact) mass is 310 g/mol. The summed E-state index contributed by atoms with van der Waals surface area (Å²) in [6.07, 6.45) is 1.77. The minimum absolute atomic E-state index is 0.132. The maximum absolute atomic E-state index is 10.1. The molecule has 0 aliphatic carbocycles. The summed E-state index contributed by atoms with van der Waals surface area (Å²) >= 11 is 3.25. The first-order valence-corrected chi connectivity index (χ1v) is 6.68. The molecule has 96 valence electrons. The number of phenolic OH excluding ortho intramolecular Hbond substituents is 1. The summed E-state index contributed by atoms with van der Waals surface area (Å²) in [5.74, 6) is 0.415. The van der Waals surface area contributed by atoms with Crippen LogP contribution in [0.5, 0.6) is 5.75 Å². The van der Waals surface area contributed by atoms with Gasteiger partial charge in [0.15, 0.2) is 0 Å². The molecule has 1 aromatic rings. The number of rotatable bonds is 2. The van der Waals surface area contributed by atoms with Gasteiger partial charge in [0.1, 0.15) is 5.75 Å². The molecule has 5 heteroatoms. The lowest BCUT2D eigenvalue weighted by Crippen LogP contribution is -2.27. The number of nitrogens with two attached hydrogens (primary N) is 1. The molecule has 2 rings (SSSR count). The Morgan fingerprint density at radius 3 is 2.72 bits per heavy atom. The number of ether oxygens (including phenoxy) is 1. The van der Waals surface area contributed by atoms with Crippen LogP contribution in [0.2, 0.25) is 0 Å². The van der Waals surface area contributed by atoms with Crippen molar-refractivity contribution in [2.75, 3.05) is 13.2 Å². The highest BCUT2D eigenvalue weighted by atomic mass is 79.9. The van der Waals surface area contributed by atoms with Gasteiger partial charge in [-0.2, -0.15) is 5.26 Å². The van der Waals surface area contributed by atoms with E-state index in [2.05, 4.69) is 22.0 Å². The number of hydrogen-bond donors (Lipinski definition) is 2. The van der Waals surface area contributed by atoms with Crippen LogP contribution >= 0.6 is 15.9 Å². The van der Waals surface area contributed by atoms with Crippen LogP contribution < -0.4 is 5.73 Å². The van der Waals surface area contributed by atoms with Crippen molar-refractivity contribution in [2.24, 2.45) is 11.7 Å². The van der Waals surface area contributed by atoms with E-state index in [1.165, 1.54) is 0 Å². The minimum Gasteiger partial charge on any atom is -0.506 e. The van der Waals surface area contributed by atoms with Crippen molar-refractivity contribution in [3.8, 4) is 11.8 Å². The Kier molecular flexibility index (Phi) is 4.23. The molecule has 1 atom stereocenters. The molecule has 18 heavy (non-hydrogen) atoms. The van der Waals surface area contributed by atoms with Gasteiger partial charge in [0.2, 0.25) is 0 Å². The van der Waals surface area contributed by atoms with Crippen LogP contribution in [0.1, 0.15) is 30.0 Å². The second-order valence-corrected chi connectivity index (χ2v) is 5.34. The largest absolute Gasteiger partial charge is 0.506 e. The zero-order chi connectivity index (χ0) is 13.1. The molecule has 0 saturated carbocycles. The summed E-state index contributed by atoms with van der Waals surface area (Å²) in [5.41, 5.74) is 7.35. The quantitative estimate of drug-likeness (QED) is 0.879. The fraction of sp³-hybridized carbons (Fsp3) is 0.462. The van der Waals surface area contributed by atoms with Crippen LogP contribution in [0.15, 0.2) is 16.6 Å². The molecule has 1 saturated heterocycles. The van der Waals surface area contributed by atoms with Crippen molar-refractivity contribution in [2.45, 2.75) is 18.9 Å². The van der Waals surface area contributed by atoms with Crippen molar-refractivity contribution in [1.29, 1.82) is 5.26 Å². The first-order valence-electron chi connectivity index (χ1n) is 5.89. The normalized spacial score (nSPS) is 18.3. The van der Waals surface area contributed by atoms with Crippen LogP contribution in [-0.2, 0) is 4.74 Å². The molecular weight excluding hydrogens is 296 g/mol. The Hall–Kier alpha value is -1.09. The van der Waals surface area contributed by atoms with Crippen LogP contribution in [0.4, 0.5) is 0 Å². The molecule has 1 aliphatic heterocycles. The van der Waals surface area contributed by atoms with Crippen molar-refractivity contribution < 1.29 is 9.84 Å². The minimum atomic E-state index is -0.265. The Balaban J connectivity index is 2.31. The van der Waals surface area contributed by atoms with Crippen LogP contribution in [0, 0.1) is 17.2 Å².